The summed E-state index contributed by atoms with van der Waals surface area (Å²) in [4.78, 5) is 24.2. The minimum Gasteiger partial charge on any atom is -0.489 e. The van der Waals surface area contributed by atoms with Crippen LogP contribution in [-0.2, 0) is 0 Å². The number of carbonyl (C=O) groups is 1. The number of ether oxygens (including phenoxy) is 1. The maximum Gasteiger partial charge on any atom is 0.404 e. The van der Waals surface area contributed by atoms with Gasteiger partial charge in [0.2, 0.25) is 0 Å². The van der Waals surface area contributed by atoms with E-state index in [1.165, 1.54) is 12.0 Å². The molecular formula is C26H33N7O3. The molecular weight excluding hydrogens is 458 g/mol. The molecule has 2 N–H and O–H groups in total. The van der Waals surface area contributed by atoms with Gasteiger partial charge in [-0.25, -0.2) is 19.4 Å². The van der Waals surface area contributed by atoms with Gasteiger partial charge in [0, 0.05) is 49.7 Å². The molecule has 0 radical (unpaired) electrons. The van der Waals surface area contributed by atoms with E-state index in [-0.39, 0.29) is 6.04 Å². The van der Waals surface area contributed by atoms with Crippen LogP contribution in [0.2, 0.25) is 0 Å². The molecule has 10 nitrogen and oxygen atoms in total. The van der Waals surface area contributed by atoms with Gasteiger partial charge in [-0.1, -0.05) is 0 Å². The van der Waals surface area contributed by atoms with Gasteiger partial charge in [-0.3, -0.25) is 0 Å². The van der Waals surface area contributed by atoms with E-state index in [1.807, 2.05) is 10.9 Å². The van der Waals surface area contributed by atoms with E-state index in [9.17, 15) is 4.79 Å². The molecule has 0 atom stereocenters. The van der Waals surface area contributed by atoms with Gasteiger partial charge in [0.05, 0.1) is 24.7 Å². The molecule has 190 valence electrons. The number of benzene rings is 1. The van der Waals surface area contributed by atoms with Crippen LogP contribution in [0.15, 0.2) is 49.2 Å². The lowest BCUT2D eigenvalue weighted by atomic mass is 9.86. The Morgan fingerprint density at radius 1 is 1.06 bits per heavy atom. The second-order valence-corrected chi connectivity index (χ2v) is 9.69. The summed E-state index contributed by atoms with van der Waals surface area (Å²) >= 11 is 0. The third kappa shape index (κ3) is 5.76. The molecule has 1 amide bonds. The zero-order chi connectivity index (χ0) is 24.9. The molecule has 1 aromatic carbocycles. The summed E-state index contributed by atoms with van der Waals surface area (Å²) in [6.07, 6.45) is 9.54. The molecule has 2 fully saturated rings. The third-order valence-electron chi connectivity index (χ3n) is 7.17. The van der Waals surface area contributed by atoms with Gasteiger partial charge in [0.15, 0.2) is 5.75 Å². The van der Waals surface area contributed by atoms with Gasteiger partial charge in [0.1, 0.15) is 12.0 Å². The fourth-order valence-corrected chi connectivity index (χ4v) is 4.96. The molecule has 1 saturated heterocycles. The second-order valence-electron chi connectivity index (χ2n) is 9.69. The molecule has 36 heavy (non-hydrogen) atoms. The first kappa shape index (κ1) is 24.1. The highest BCUT2D eigenvalue weighted by atomic mass is 16.5. The van der Waals surface area contributed by atoms with Crippen molar-refractivity contribution >= 4 is 11.8 Å². The molecule has 1 aliphatic heterocycles. The van der Waals surface area contributed by atoms with Crippen LogP contribution in [0.4, 0.5) is 10.5 Å². The Balaban J connectivity index is 1.22. The SMILES string of the molecule is CN1CCN(c2ccc(-n3cc(-c4ncncc4OC[C@H]4CC[C@@H](NC(=O)O)CC4)cn3)cc2)CC1. The number of aromatic nitrogens is 4. The summed E-state index contributed by atoms with van der Waals surface area (Å²) in [6.45, 7) is 4.80. The van der Waals surface area contributed by atoms with Gasteiger partial charge in [-0.05, 0) is 62.9 Å². The lowest BCUT2D eigenvalue weighted by Gasteiger charge is -2.34. The second kappa shape index (κ2) is 10.9. The fourth-order valence-electron chi connectivity index (χ4n) is 4.96. The van der Waals surface area contributed by atoms with Gasteiger partial charge in [0.25, 0.3) is 0 Å². The van der Waals surface area contributed by atoms with Gasteiger partial charge in [-0.2, -0.15) is 5.10 Å². The number of rotatable bonds is 7. The van der Waals surface area contributed by atoms with Crippen molar-refractivity contribution in [3.63, 3.8) is 0 Å². The van der Waals surface area contributed by atoms with Crippen molar-refractivity contribution in [1.29, 1.82) is 0 Å². The molecule has 1 aliphatic carbocycles. The number of carboxylic acid groups (broad SMARTS) is 1. The van der Waals surface area contributed by atoms with E-state index in [2.05, 4.69) is 61.5 Å². The van der Waals surface area contributed by atoms with Crippen molar-refractivity contribution in [3.8, 4) is 22.7 Å². The topological polar surface area (TPSA) is 109 Å². The zero-order valence-electron chi connectivity index (χ0n) is 20.6. The molecule has 2 aromatic heterocycles. The molecule has 0 unspecified atom stereocenters. The molecule has 10 heteroatoms. The normalized spacial score (nSPS) is 20.8. The van der Waals surface area contributed by atoms with Crippen LogP contribution in [0.3, 0.4) is 0 Å². The van der Waals surface area contributed by atoms with Crippen molar-refractivity contribution in [2.24, 2.45) is 5.92 Å². The average Bonchev–Trinajstić information content (AvgIpc) is 3.39. The quantitative estimate of drug-likeness (QED) is 0.518. The Morgan fingerprint density at radius 2 is 1.78 bits per heavy atom. The Bertz CT molecular complexity index is 1150. The van der Waals surface area contributed by atoms with E-state index in [0.717, 1.165) is 63.1 Å². The summed E-state index contributed by atoms with van der Waals surface area (Å²) in [5, 5.41) is 16.1. The maximum absolute atomic E-state index is 10.9. The number of nitrogens with zero attached hydrogens (tertiary/aromatic N) is 6. The van der Waals surface area contributed by atoms with Crippen LogP contribution in [-0.4, -0.2) is 81.7 Å². The van der Waals surface area contributed by atoms with Crippen LogP contribution < -0.4 is 15.0 Å². The molecule has 0 spiro atoms. The van der Waals surface area contributed by atoms with Gasteiger partial charge in [-0.15, -0.1) is 0 Å². The van der Waals surface area contributed by atoms with Crippen molar-refractivity contribution in [1.82, 2.24) is 30.0 Å². The first-order valence-corrected chi connectivity index (χ1v) is 12.6. The van der Waals surface area contributed by atoms with Crippen LogP contribution in [0.25, 0.3) is 16.9 Å². The van der Waals surface area contributed by atoms with E-state index >= 15 is 0 Å². The molecule has 2 aliphatic rings. The predicted molar refractivity (Wildman–Crippen MR) is 137 cm³/mol. The van der Waals surface area contributed by atoms with Crippen molar-refractivity contribution in [2.75, 3.05) is 44.7 Å². The number of nitrogens with one attached hydrogen (secondary N) is 1. The van der Waals surface area contributed by atoms with Crippen LogP contribution >= 0.6 is 0 Å². The first-order chi connectivity index (χ1) is 17.5. The van der Waals surface area contributed by atoms with Gasteiger partial charge < -0.3 is 25.0 Å². The highest BCUT2D eigenvalue weighted by Crippen LogP contribution is 2.30. The standard InChI is InChI=1S/C26H33N7O3/c1-31-10-12-32(13-11-31)22-6-8-23(9-7-22)33-16-20(14-29-33)25-24(15-27-18-28-25)36-17-19-2-4-21(5-3-19)30-26(34)35/h6-9,14-16,18-19,21,30H,2-5,10-13,17H2,1H3,(H,34,35)/t19-,21+. The fraction of sp³-hybridized carbons (Fsp3) is 0.462. The lowest BCUT2D eigenvalue weighted by Crippen LogP contribution is -2.44. The number of likely N-dealkylation sites (N-methyl/N-ethyl adjacent to an activating group) is 1. The highest BCUT2D eigenvalue weighted by Gasteiger charge is 2.23. The number of anilines is 1. The van der Waals surface area contributed by atoms with E-state index in [4.69, 9.17) is 9.84 Å². The summed E-state index contributed by atoms with van der Waals surface area (Å²) in [5.41, 5.74) is 3.80. The van der Waals surface area contributed by atoms with Crippen LogP contribution in [0.5, 0.6) is 5.75 Å². The van der Waals surface area contributed by atoms with Crippen LogP contribution in [0.1, 0.15) is 25.7 Å². The van der Waals surface area contributed by atoms with Crippen LogP contribution in [0, 0.1) is 5.92 Å². The van der Waals surface area contributed by atoms with Crippen molar-refractivity contribution < 1.29 is 14.6 Å². The van der Waals surface area contributed by atoms with Crippen molar-refractivity contribution in [2.45, 2.75) is 31.7 Å². The number of amides is 1. The van der Waals surface area contributed by atoms with Gasteiger partial charge >= 0.3 is 6.09 Å². The molecule has 3 heterocycles. The number of hydrogen-bond acceptors (Lipinski definition) is 7. The summed E-state index contributed by atoms with van der Waals surface area (Å²) in [5.74, 6) is 1.01. The largest absolute Gasteiger partial charge is 0.489 e. The summed E-state index contributed by atoms with van der Waals surface area (Å²) < 4.78 is 8.00. The van der Waals surface area contributed by atoms with E-state index in [0.29, 0.717) is 24.0 Å². The minimum absolute atomic E-state index is 0.0378. The molecule has 5 rings (SSSR count). The zero-order valence-corrected chi connectivity index (χ0v) is 20.6. The van der Waals surface area contributed by atoms with E-state index in [1.54, 1.807) is 12.4 Å². The Labute approximate surface area is 210 Å². The van der Waals surface area contributed by atoms with E-state index < -0.39 is 6.09 Å². The third-order valence-corrected chi connectivity index (χ3v) is 7.17. The first-order valence-electron chi connectivity index (χ1n) is 12.6. The number of piperazine rings is 1. The molecule has 1 saturated carbocycles. The maximum atomic E-state index is 10.9. The Kier molecular flexibility index (Phi) is 7.31. The predicted octanol–water partition coefficient (Wildman–Crippen LogP) is 3.29. The average molecular weight is 492 g/mol. The Hall–Kier alpha value is -3.66. The monoisotopic (exact) mass is 491 g/mol. The molecule has 0 bridgehead atoms. The minimum atomic E-state index is -0.952. The smallest absolute Gasteiger partial charge is 0.404 e. The highest BCUT2D eigenvalue weighted by molar-refractivity contribution is 5.65. The Morgan fingerprint density at radius 3 is 2.50 bits per heavy atom. The van der Waals surface area contributed by atoms with Crippen molar-refractivity contribution in [3.05, 3.63) is 49.2 Å². The summed E-state index contributed by atoms with van der Waals surface area (Å²) in [6, 6.07) is 8.54. The lowest BCUT2D eigenvalue weighted by molar-refractivity contribution is 0.169. The molecule has 3 aromatic rings. The summed E-state index contributed by atoms with van der Waals surface area (Å²) in [7, 11) is 2.16. The number of hydrogen-bond donors (Lipinski definition) is 2.